The van der Waals surface area contributed by atoms with Gasteiger partial charge < -0.3 is 10.5 Å². The van der Waals surface area contributed by atoms with Gasteiger partial charge in [-0.2, -0.15) is 0 Å². The van der Waals surface area contributed by atoms with Crippen molar-refractivity contribution in [2.45, 2.75) is 70.8 Å². The van der Waals surface area contributed by atoms with Crippen LogP contribution in [-0.2, 0) is 15.8 Å². The number of nitrogens with zero attached hydrogens (tertiary/aromatic N) is 2. The summed E-state index contributed by atoms with van der Waals surface area (Å²) in [5, 5.41) is 0. The standard InChI is InChI=1S/C16H26BrN3O/c1-5-21-16(9-7-6-8-10-16)14-19-12(15(2,3)4)11(17)13(18)20-14/h5-10H2,1-4H3,(H2,18,19,20). The molecule has 4 nitrogen and oxygen atoms in total. The van der Waals surface area contributed by atoms with Crippen LogP contribution in [0.2, 0.25) is 0 Å². The Kier molecular flexibility index (Phi) is 4.93. The Morgan fingerprint density at radius 1 is 1.19 bits per heavy atom. The molecule has 0 saturated heterocycles. The molecule has 1 heterocycles. The highest BCUT2D eigenvalue weighted by Crippen LogP contribution is 2.41. The van der Waals surface area contributed by atoms with E-state index in [1.807, 2.05) is 6.92 Å². The number of nitrogen functional groups attached to an aromatic ring is 1. The van der Waals surface area contributed by atoms with E-state index in [1.54, 1.807) is 0 Å². The van der Waals surface area contributed by atoms with E-state index < -0.39 is 0 Å². The number of anilines is 1. The van der Waals surface area contributed by atoms with E-state index in [1.165, 1.54) is 6.42 Å². The van der Waals surface area contributed by atoms with Crippen LogP contribution in [-0.4, -0.2) is 16.6 Å². The molecule has 1 aliphatic carbocycles. The van der Waals surface area contributed by atoms with Gasteiger partial charge in [-0.25, -0.2) is 9.97 Å². The molecule has 0 bridgehead atoms. The normalized spacial score (nSPS) is 18.7. The molecule has 1 aromatic rings. The predicted octanol–water partition coefficient (Wildman–Crippen LogP) is 4.31. The van der Waals surface area contributed by atoms with E-state index in [0.29, 0.717) is 12.4 Å². The molecule has 1 aliphatic rings. The van der Waals surface area contributed by atoms with Gasteiger partial charge in [0.05, 0.1) is 10.2 Å². The molecule has 1 aromatic heterocycles. The maximum Gasteiger partial charge on any atom is 0.162 e. The van der Waals surface area contributed by atoms with Crippen LogP contribution in [0, 0.1) is 0 Å². The van der Waals surface area contributed by atoms with Crippen LogP contribution in [0.15, 0.2) is 4.47 Å². The molecule has 0 amide bonds. The van der Waals surface area contributed by atoms with Crippen molar-refractivity contribution in [1.29, 1.82) is 0 Å². The summed E-state index contributed by atoms with van der Waals surface area (Å²) in [5.74, 6) is 1.27. The van der Waals surface area contributed by atoms with Crippen LogP contribution in [0.4, 0.5) is 5.82 Å². The molecule has 1 fully saturated rings. The zero-order valence-corrected chi connectivity index (χ0v) is 15.1. The molecule has 2 N–H and O–H groups in total. The van der Waals surface area contributed by atoms with Gasteiger partial charge in [-0.15, -0.1) is 0 Å². The summed E-state index contributed by atoms with van der Waals surface area (Å²) in [6.07, 6.45) is 5.53. The smallest absolute Gasteiger partial charge is 0.162 e. The van der Waals surface area contributed by atoms with Crippen molar-refractivity contribution in [3.05, 3.63) is 16.0 Å². The van der Waals surface area contributed by atoms with E-state index in [2.05, 4.69) is 41.7 Å². The molecule has 0 aromatic carbocycles. The van der Waals surface area contributed by atoms with Gasteiger partial charge in [0.2, 0.25) is 0 Å². The van der Waals surface area contributed by atoms with Crippen LogP contribution in [0.3, 0.4) is 0 Å². The Hall–Kier alpha value is -0.680. The van der Waals surface area contributed by atoms with Crippen LogP contribution >= 0.6 is 15.9 Å². The zero-order chi connectivity index (χ0) is 15.7. The van der Waals surface area contributed by atoms with Gasteiger partial charge in [0.15, 0.2) is 5.82 Å². The summed E-state index contributed by atoms with van der Waals surface area (Å²) in [4.78, 5) is 9.41. The van der Waals surface area contributed by atoms with Crippen LogP contribution in [0.5, 0.6) is 0 Å². The van der Waals surface area contributed by atoms with Crippen LogP contribution in [0.1, 0.15) is 71.3 Å². The minimum atomic E-state index is -0.359. The second-order valence-corrected chi connectivity index (χ2v) is 7.63. The van der Waals surface area contributed by atoms with E-state index in [4.69, 9.17) is 15.5 Å². The fourth-order valence-electron chi connectivity index (χ4n) is 3.00. The molecule has 0 spiro atoms. The van der Waals surface area contributed by atoms with Crippen molar-refractivity contribution in [3.8, 4) is 0 Å². The minimum absolute atomic E-state index is 0.0906. The first kappa shape index (κ1) is 16.7. The van der Waals surface area contributed by atoms with Crippen LogP contribution in [0.25, 0.3) is 0 Å². The molecule has 118 valence electrons. The molecule has 0 radical (unpaired) electrons. The largest absolute Gasteiger partial charge is 0.383 e. The van der Waals surface area contributed by atoms with E-state index in [-0.39, 0.29) is 11.0 Å². The lowest BCUT2D eigenvalue weighted by molar-refractivity contribution is -0.0768. The SMILES string of the molecule is CCOC1(c2nc(N)c(Br)c(C(C)(C)C)n2)CCCCC1. The van der Waals surface area contributed by atoms with Crippen molar-refractivity contribution >= 4 is 21.7 Å². The van der Waals surface area contributed by atoms with Crippen molar-refractivity contribution in [2.24, 2.45) is 0 Å². The Bertz CT molecular complexity index is 499. The lowest BCUT2D eigenvalue weighted by Gasteiger charge is -2.36. The fourth-order valence-corrected chi connectivity index (χ4v) is 3.77. The number of rotatable bonds is 3. The number of ether oxygens (including phenoxy) is 1. The second kappa shape index (κ2) is 6.21. The van der Waals surface area contributed by atoms with E-state index >= 15 is 0 Å². The Balaban J connectivity index is 2.53. The van der Waals surface area contributed by atoms with Crippen molar-refractivity contribution in [1.82, 2.24) is 9.97 Å². The average molecular weight is 356 g/mol. The maximum atomic E-state index is 6.13. The van der Waals surface area contributed by atoms with Crippen LogP contribution < -0.4 is 5.73 Å². The van der Waals surface area contributed by atoms with Crippen molar-refractivity contribution in [2.75, 3.05) is 12.3 Å². The molecule has 5 heteroatoms. The first-order valence-electron chi connectivity index (χ1n) is 7.78. The van der Waals surface area contributed by atoms with Gasteiger partial charge in [0.25, 0.3) is 0 Å². The molecular formula is C16H26BrN3O. The third kappa shape index (κ3) is 3.39. The summed E-state index contributed by atoms with van der Waals surface area (Å²) >= 11 is 3.54. The predicted molar refractivity (Wildman–Crippen MR) is 89.2 cm³/mol. The van der Waals surface area contributed by atoms with Crippen molar-refractivity contribution in [3.63, 3.8) is 0 Å². The molecule has 0 atom stereocenters. The van der Waals surface area contributed by atoms with Gasteiger partial charge in [-0.1, -0.05) is 40.0 Å². The quantitative estimate of drug-likeness (QED) is 0.876. The molecule has 2 rings (SSSR count). The minimum Gasteiger partial charge on any atom is -0.383 e. The molecule has 0 aliphatic heterocycles. The molecule has 0 unspecified atom stereocenters. The highest BCUT2D eigenvalue weighted by molar-refractivity contribution is 9.10. The maximum absolute atomic E-state index is 6.13. The highest BCUT2D eigenvalue weighted by atomic mass is 79.9. The van der Waals surface area contributed by atoms with E-state index in [0.717, 1.165) is 41.7 Å². The molecule has 21 heavy (non-hydrogen) atoms. The molecular weight excluding hydrogens is 330 g/mol. The Labute approximate surface area is 136 Å². The average Bonchev–Trinajstić information content (AvgIpc) is 2.41. The first-order chi connectivity index (χ1) is 9.80. The fraction of sp³-hybridized carbons (Fsp3) is 0.750. The number of aromatic nitrogens is 2. The Morgan fingerprint density at radius 3 is 2.33 bits per heavy atom. The third-order valence-electron chi connectivity index (χ3n) is 4.08. The Morgan fingerprint density at radius 2 is 1.81 bits per heavy atom. The number of hydrogen-bond acceptors (Lipinski definition) is 4. The third-order valence-corrected chi connectivity index (χ3v) is 4.86. The lowest BCUT2D eigenvalue weighted by Crippen LogP contribution is -2.36. The first-order valence-corrected chi connectivity index (χ1v) is 8.57. The number of halogens is 1. The van der Waals surface area contributed by atoms with Gasteiger partial charge >= 0.3 is 0 Å². The summed E-state index contributed by atoms with van der Waals surface area (Å²) in [7, 11) is 0. The monoisotopic (exact) mass is 355 g/mol. The van der Waals surface area contributed by atoms with Gasteiger partial charge in [-0.05, 0) is 35.7 Å². The van der Waals surface area contributed by atoms with Gasteiger partial charge in [0, 0.05) is 12.0 Å². The van der Waals surface area contributed by atoms with Crippen molar-refractivity contribution < 1.29 is 4.74 Å². The zero-order valence-electron chi connectivity index (χ0n) is 13.5. The van der Waals surface area contributed by atoms with E-state index in [9.17, 15) is 0 Å². The summed E-state index contributed by atoms with van der Waals surface area (Å²) in [6.45, 7) is 9.11. The topological polar surface area (TPSA) is 61.0 Å². The number of nitrogens with two attached hydrogens (primary N) is 1. The van der Waals surface area contributed by atoms with Gasteiger partial charge in [-0.3, -0.25) is 0 Å². The highest BCUT2D eigenvalue weighted by Gasteiger charge is 2.39. The lowest BCUT2D eigenvalue weighted by atomic mass is 9.83. The summed E-state index contributed by atoms with van der Waals surface area (Å²) in [5.41, 5.74) is 6.63. The van der Waals surface area contributed by atoms with Gasteiger partial charge in [0.1, 0.15) is 11.4 Å². The summed E-state index contributed by atoms with van der Waals surface area (Å²) < 4.78 is 6.93. The molecule has 1 saturated carbocycles. The summed E-state index contributed by atoms with van der Waals surface area (Å²) in [6, 6.07) is 0. The second-order valence-electron chi connectivity index (χ2n) is 6.83. The number of hydrogen-bond donors (Lipinski definition) is 1.